The fourth-order valence-corrected chi connectivity index (χ4v) is 3.40. The maximum atomic E-state index is 12.5. The van der Waals surface area contributed by atoms with Crippen LogP contribution in [0, 0.1) is 6.92 Å². The lowest BCUT2D eigenvalue weighted by molar-refractivity contribution is 0.0920. The molecule has 3 atom stereocenters. The number of aliphatic hydroxyl groups excluding tert-OH is 1. The van der Waals surface area contributed by atoms with E-state index in [2.05, 4.69) is 10.3 Å². The van der Waals surface area contributed by atoms with Crippen LogP contribution in [0.15, 0.2) is 30.3 Å². The summed E-state index contributed by atoms with van der Waals surface area (Å²) in [5, 5.41) is 14.0. The quantitative estimate of drug-likeness (QED) is 0.804. The summed E-state index contributed by atoms with van der Waals surface area (Å²) in [6, 6.07) is 9.29. The van der Waals surface area contributed by atoms with Gasteiger partial charge in [0.15, 0.2) is 0 Å². The van der Waals surface area contributed by atoms with E-state index < -0.39 is 6.10 Å². The number of rotatable bonds is 7. The second-order valence-electron chi connectivity index (χ2n) is 5.88. The molecule has 0 aliphatic carbocycles. The minimum Gasteiger partial charge on any atom is -0.388 e. The minimum absolute atomic E-state index is 0.132. The van der Waals surface area contributed by atoms with Crippen LogP contribution in [-0.4, -0.2) is 29.1 Å². The van der Waals surface area contributed by atoms with E-state index in [0.29, 0.717) is 17.0 Å². The predicted octanol–water partition coefficient (Wildman–Crippen LogP) is 3.40. The number of hydrogen-bond donors (Lipinski definition) is 2. The third-order valence-electron chi connectivity index (χ3n) is 3.86. The van der Waals surface area contributed by atoms with Crippen LogP contribution < -0.4 is 5.32 Å². The fourth-order valence-electron chi connectivity index (χ4n) is 2.40. The predicted molar refractivity (Wildman–Crippen MR) is 95.2 cm³/mol. The van der Waals surface area contributed by atoms with Crippen LogP contribution in [0.25, 0.3) is 0 Å². The molecule has 0 saturated heterocycles. The highest BCUT2D eigenvalue weighted by Gasteiger charge is 2.21. The van der Waals surface area contributed by atoms with E-state index in [4.69, 9.17) is 4.74 Å². The molecule has 1 amide bonds. The second-order valence-corrected chi connectivity index (χ2v) is 6.91. The summed E-state index contributed by atoms with van der Waals surface area (Å²) in [5.74, 6) is -0.160. The summed E-state index contributed by atoms with van der Waals surface area (Å²) in [4.78, 5) is 17.4. The normalized spacial score (nSPS) is 14.9. The lowest BCUT2D eigenvalue weighted by Gasteiger charge is -2.18. The number of amides is 1. The molecule has 2 rings (SSSR count). The number of benzene rings is 1. The standard InChI is InChI=1S/C18H24N2O3S/c1-11(10-15(21)14-8-6-5-7-9-14)19-17(22)16-12(2)20-18(24-16)13(3)23-4/h5-9,11,13,15,21H,10H2,1-4H3,(H,19,22). The molecule has 1 aromatic carbocycles. The van der Waals surface area contributed by atoms with E-state index in [0.717, 1.165) is 10.6 Å². The first-order valence-electron chi connectivity index (χ1n) is 7.96. The first-order chi connectivity index (χ1) is 11.4. The molecule has 0 aliphatic heterocycles. The van der Waals surface area contributed by atoms with Crippen molar-refractivity contribution in [2.75, 3.05) is 7.11 Å². The van der Waals surface area contributed by atoms with Gasteiger partial charge in [0.25, 0.3) is 5.91 Å². The molecule has 0 bridgehead atoms. The average molecular weight is 348 g/mol. The van der Waals surface area contributed by atoms with E-state index in [1.54, 1.807) is 7.11 Å². The van der Waals surface area contributed by atoms with Gasteiger partial charge >= 0.3 is 0 Å². The van der Waals surface area contributed by atoms with Gasteiger partial charge in [-0.15, -0.1) is 11.3 Å². The molecule has 5 nitrogen and oxygen atoms in total. The molecule has 0 radical (unpaired) electrons. The molecule has 0 saturated carbocycles. The molecule has 1 heterocycles. The summed E-state index contributed by atoms with van der Waals surface area (Å²) < 4.78 is 5.25. The third-order valence-corrected chi connectivity index (χ3v) is 5.18. The number of nitrogens with zero attached hydrogens (tertiary/aromatic N) is 1. The number of aromatic nitrogens is 1. The molecule has 0 spiro atoms. The molecule has 24 heavy (non-hydrogen) atoms. The number of nitrogens with one attached hydrogen (secondary N) is 1. The van der Waals surface area contributed by atoms with Crippen LogP contribution >= 0.6 is 11.3 Å². The van der Waals surface area contributed by atoms with Crippen molar-refractivity contribution in [2.24, 2.45) is 0 Å². The minimum atomic E-state index is -0.604. The number of aliphatic hydroxyl groups is 1. The van der Waals surface area contributed by atoms with Gasteiger partial charge in [-0.3, -0.25) is 4.79 Å². The Morgan fingerprint density at radius 1 is 1.33 bits per heavy atom. The van der Waals surface area contributed by atoms with Gasteiger partial charge in [-0.1, -0.05) is 30.3 Å². The van der Waals surface area contributed by atoms with E-state index >= 15 is 0 Å². The summed E-state index contributed by atoms with van der Waals surface area (Å²) in [6.45, 7) is 5.61. The summed E-state index contributed by atoms with van der Waals surface area (Å²) in [5.41, 5.74) is 1.55. The van der Waals surface area contributed by atoms with Crippen molar-refractivity contribution in [3.05, 3.63) is 51.5 Å². The maximum absolute atomic E-state index is 12.5. The number of aryl methyl sites for hydroxylation is 1. The number of thiazole rings is 1. The molecule has 2 N–H and O–H groups in total. The number of carbonyl (C=O) groups is 1. The van der Waals surface area contributed by atoms with Gasteiger partial charge in [0.2, 0.25) is 0 Å². The van der Waals surface area contributed by atoms with Gasteiger partial charge in [-0.05, 0) is 32.8 Å². The monoisotopic (exact) mass is 348 g/mol. The molecule has 0 fully saturated rings. The zero-order valence-electron chi connectivity index (χ0n) is 14.4. The van der Waals surface area contributed by atoms with Crippen LogP contribution in [0.1, 0.15) is 58.4 Å². The van der Waals surface area contributed by atoms with Crippen LogP contribution in [0.4, 0.5) is 0 Å². The topological polar surface area (TPSA) is 71.5 Å². The molecule has 1 aromatic heterocycles. The van der Waals surface area contributed by atoms with Crippen molar-refractivity contribution in [1.29, 1.82) is 0 Å². The highest BCUT2D eigenvalue weighted by atomic mass is 32.1. The smallest absolute Gasteiger partial charge is 0.263 e. The Hall–Kier alpha value is -1.76. The first-order valence-corrected chi connectivity index (χ1v) is 8.78. The Balaban J connectivity index is 1.98. The molecule has 6 heteroatoms. The van der Waals surface area contributed by atoms with E-state index in [1.807, 2.05) is 51.1 Å². The number of methoxy groups -OCH3 is 1. The van der Waals surface area contributed by atoms with Crippen LogP contribution in [0.5, 0.6) is 0 Å². The summed E-state index contributed by atoms with van der Waals surface area (Å²) in [7, 11) is 1.62. The van der Waals surface area contributed by atoms with Crippen LogP contribution in [0.2, 0.25) is 0 Å². The van der Waals surface area contributed by atoms with E-state index in [1.165, 1.54) is 11.3 Å². The van der Waals surface area contributed by atoms with Crippen molar-refractivity contribution in [3.8, 4) is 0 Å². The fraction of sp³-hybridized carbons (Fsp3) is 0.444. The second kappa shape index (κ2) is 8.37. The SMILES string of the molecule is COC(C)c1nc(C)c(C(=O)NC(C)CC(O)c2ccccc2)s1. The lowest BCUT2D eigenvalue weighted by atomic mass is 10.0. The maximum Gasteiger partial charge on any atom is 0.263 e. The Morgan fingerprint density at radius 2 is 2.00 bits per heavy atom. The van der Waals surface area contributed by atoms with Gasteiger partial charge in [0.05, 0.1) is 11.8 Å². The van der Waals surface area contributed by atoms with Gasteiger partial charge in [-0.25, -0.2) is 4.98 Å². The van der Waals surface area contributed by atoms with Crippen molar-refractivity contribution in [3.63, 3.8) is 0 Å². The Kier molecular flexibility index (Phi) is 6.48. The third kappa shape index (κ3) is 4.63. The van der Waals surface area contributed by atoms with Crippen LogP contribution in [-0.2, 0) is 4.74 Å². The number of carbonyl (C=O) groups excluding carboxylic acids is 1. The zero-order chi connectivity index (χ0) is 17.7. The first kappa shape index (κ1) is 18.6. The molecular formula is C18H24N2O3S. The van der Waals surface area contributed by atoms with Gasteiger partial charge in [0, 0.05) is 13.2 Å². The summed E-state index contributed by atoms with van der Waals surface area (Å²) in [6.07, 6.45) is -0.282. The Labute approximate surface area is 146 Å². The van der Waals surface area contributed by atoms with Crippen molar-refractivity contribution in [1.82, 2.24) is 10.3 Å². The molecular weight excluding hydrogens is 324 g/mol. The van der Waals surface area contributed by atoms with Crippen molar-refractivity contribution >= 4 is 17.2 Å². The van der Waals surface area contributed by atoms with E-state index in [9.17, 15) is 9.90 Å². The van der Waals surface area contributed by atoms with Gasteiger partial charge in [0.1, 0.15) is 16.0 Å². The van der Waals surface area contributed by atoms with Gasteiger partial charge < -0.3 is 15.2 Å². The largest absolute Gasteiger partial charge is 0.388 e. The van der Waals surface area contributed by atoms with Gasteiger partial charge in [-0.2, -0.15) is 0 Å². The molecule has 2 aromatic rings. The average Bonchev–Trinajstić information content (AvgIpc) is 2.96. The Morgan fingerprint density at radius 3 is 2.62 bits per heavy atom. The lowest BCUT2D eigenvalue weighted by Crippen LogP contribution is -2.33. The summed E-state index contributed by atoms with van der Waals surface area (Å²) >= 11 is 1.35. The van der Waals surface area contributed by atoms with E-state index in [-0.39, 0.29) is 18.1 Å². The Bertz CT molecular complexity index is 672. The zero-order valence-corrected chi connectivity index (χ0v) is 15.3. The van der Waals surface area contributed by atoms with Crippen LogP contribution in [0.3, 0.4) is 0 Å². The number of ether oxygens (including phenoxy) is 1. The van der Waals surface area contributed by atoms with Crippen molar-refractivity contribution < 1.29 is 14.6 Å². The molecule has 0 aliphatic rings. The van der Waals surface area contributed by atoms with Crippen molar-refractivity contribution in [2.45, 2.75) is 45.4 Å². The molecule has 130 valence electrons. The molecule has 3 unspecified atom stereocenters. The highest BCUT2D eigenvalue weighted by molar-refractivity contribution is 7.13. The highest BCUT2D eigenvalue weighted by Crippen LogP contribution is 2.25. The number of hydrogen-bond acceptors (Lipinski definition) is 5.